The van der Waals surface area contributed by atoms with Crippen molar-refractivity contribution in [3.63, 3.8) is 0 Å². The highest BCUT2D eigenvalue weighted by Crippen LogP contribution is 2.30. The molecule has 0 saturated heterocycles. The first-order chi connectivity index (χ1) is 13.3. The van der Waals surface area contributed by atoms with Gasteiger partial charge in [0.1, 0.15) is 12.4 Å². The van der Waals surface area contributed by atoms with Gasteiger partial charge in [-0.1, -0.05) is 18.2 Å². The molecule has 4 rings (SSSR count). The zero-order valence-electron chi connectivity index (χ0n) is 14.4. The van der Waals surface area contributed by atoms with E-state index in [1.54, 1.807) is 31.0 Å². The second kappa shape index (κ2) is 7.61. The predicted molar refractivity (Wildman–Crippen MR) is 105 cm³/mol. The summed E-state index contributed by atoms with van der Waals surface area (Å²) in [5.41, 5.74) is 2.09. The zero-order valence-corrected chi connectivity index (χ0v) is 14.4. The third-order valence-electron chi connectivity index (χ3n) is 3.98. The molecule has 27 heavy (non-hydrogen) atoms. The van der Waals surface area contributed by atoms with Crippen LogP contribution in [0.25, 0.3) is 17.8 Å². The average Bonchev–Trinajstić information content (AvgIpc) is 3.14. The lowest BCUT2D eigenvalue weighted by molar-refractivity contribution is 0.360. The molecule has 0 aliphatic carbocycles. The number of aliphatic imine (C=N–C) groups is 1. The minimum absolute atomic E-state index is 0.0505. The lowest BCUT2D eigenvalue weighted by Gasteiger charge is -2.08. The SMILES string of the molecule is Oc1ncc2c3c1C=C(N=3)c1ccncc1OCC=CC=CN=CC=CC=2. The van der Waals surface area contributed by atoms with E-state index in [0.717, 1.165) is 10.8 Å². The molecule has 4 heterocycles. The van der Waals surface area contributed by atoms with Crippen LogP contribution in [0.3, 0.4) is 0 Å². The fourth-order valence-electron chi connectivity index (χ4n) is 2.72. The molecule has 6 heteroatoms. The Balaban J connectivity index is 1.88. The van der Waals surface area contributed by atoms with Crippen LogP contribution in [-0.4, -0.2) is 27.9 Å². The summed E-state index contributed by atoms with van der Waals surface area (Å²) in [5, 5.41) is 11.6. The Morgan fingerprint density at radius 1 is 1.07 bits per heavy atom. The van der Waals surface area contributed by atoms with E-state index in [-0.39, 0.29) is 5.88 Å². The van der Waals surface area contributed by atoms with Crippen molar-refractivity contribution in [1.82, 2.24) is 9.97 Å². The third-order valence-corrected chi connectivity index (χ3v) is 3.98. The Labute approximate surface area is 155 Å². The molecule has 0 radical (unpaired) electrons. The van der Waals surface area contributed by atoms with Crippen molar-refractivity contribution in [2.24, 2.45) is 9.98 Å². The fraction of sp³-hybridized carbons (Fsp3) is 0.0476. The second-order valence-electron chi connectivity index (χ2n) is 5.74. The summed E-state index contributed by atoms with van der Waals surface area (Å²) in [6, 6.07) is 1.84. The fourth-order valence-corrected chi connectivity index (χ4v) is 2.72. The van der Waals surface area contributed by atoms with Crippen molar-refractivity contribution < 1.29 is 9.84 Å². The lowest BCUT2D eigenvalue weighted by atomic mass is 10.1. The van der Waals surface area contributed by atoms with E-state index in [0.29, 0.717) is 29.0 Å². The highest BCUT2D eigenvalue weighted by atomic mass is 16.5. The van der Waals surface area contributed by atoms with E-state index in [9.17, 15) is 5.11 Å². The molecular weight excluding hydrogens is 340 g/mol. The van der Waals surface area contributed by atoms with Crippen molar-refractivity contribution in [2.75, 3.05) is 6.61 Å². The Morgan fingerprint density at radius 2 is 2.04 bits per heavy atom. The van der Waals surface area contributed by atoms with Crippen LogP contribution in [0.15, 0.2) is 71.2 Å². The molecule has 2 aromatic heterocycles. The number of hydrogen-bond donors (Lipinski definition) is 1. The van der Waals surface area contributed by atoms with Gasteiger partial charge < -0.3 is 9.84 Å². The van der Waals surface area contributed by atoms with Gasteiger partial charge in [-0.05, 0) is 30.4 Å². The number of fused-ring (bicyclic) bond motifs is 3. The van der Waals surface area contributed by atoms with Gasteiger partial charge in [0, 0.05) is 35.6 Å². The van der Waals surface area contributed by atoms with Gasteiger partial charge in [-0.3, -0.25) is 9.98 Å². The van der Waals surface area contributed by atoms with Crippen molar-refractivity contribution in [3.8, 4) is 11.6 Å². The third kappa shape index (κ3) is 3.59. The predicted octanol–water partition coefficient (Wildman–Crippen LogP) is 2.18. The van der Waals surface area contributed by atoms with E-state index in [2.05, 4.69) is 15.0 Å². The Bertz CT molecular complexity index is 1140. The number of aromatic nitrogens is 2. The number of rotatable bonds is 0. The van der Waals surface area contributed by atoms with Gasteiger partial charge in [0.15, 0.2) is 0 Å². The largest absolute Gasteiger partial charge is 0.493 e. The Morgan fingerprint density at radius 3 is 3.00 bits per heavy atom. The van der Waals surface area contributed by atoms with Gasteiger partial charge in [-0.25, -0.2) is 9.98 Å². The maximum atomic E-state index is 10.2. The molecule has 0 unspecified atom stereocenters. The van der Waals surface area contributed by atoms with Crippen LogP contribution in [0.4, 0.5) is 0 Å². The monoisotopic (exact) mass is 356 g/mol. The number of aromatic hydroxyl groups is 1. The first-order valence-corrected chi connectivity index (χ1v) is 8.40. The summed E-state index contributed by atoms with van der Waals surface area (Å²) in [4.78, 5) is 17.1. The molecule has 2 bridgehead atoms. The van der Waals surface area contributed by atoms with Crippen LogP contribution >= 0.6 is 0 Å². The van der Waals surface area contributed by atoms with Gasteiger partial charge >= 0.3 is 0 Å². The number of nitrogens with zero attached hydrogens (tertiary/aromatic N) is 4. The summed E-state index contributed by atoms with van der Waals surface area (Å²) >= 11 is 0. The highest BCUT2D eigenvalue weighted by Gasteiger charge is 2.17. The minimum atomic E-state index is -0.0505. The summed E-state index contributed by atoms with van der Waals surface area (Å²) in [7, 11) is 0. The van der Waals surface area contributed by atoms with Gasteiger partial charge in [0.05, 0.1) is 22.8 Å². The molecule has 0 spiro atoms. The van der Waals surface area contributed by atoms with E-state index >= 15 is 0 Å². The number of hydrogen-bond acceptors (Lipinski definition) is 6. The topological polar surface area (TPSA) is 80.0 Å². The number of ether oxygens (including phenoxy) is 1. The molecular formula is C21H16N4O2. The number of pyridine rings is 2. The molecule has 6 nitrogen and oxygen atoms in total. The van der Waals surface area contributed by atoms with Crippen molar-refractivity contribution in [1.29, 1.82) is 0 Å². The highest BCUT2D eigenvalue weighted by molar-refractivity contribution is 5.86. The molecule has 132 valence electrons. The van der Waals surface area contributed by atoms with Crippen LogP contribution in [0, 0.1) is 0 Å². The van der Waals surface area contributed by atoms with Gasteiger partial charge in [0.25, 0.3) is 0 Å². The van der Waals surface area contributed by atoms with Crippen molar-refractivity contribution in [3.05, 3.63) is 82.9 Å². The molecule has 0 amide bonds. The van der Waals surface area contributed by atoms with Crippen LogP contribution in [0.1, 0.15) is 11.1 Å². The quantitative estimate of drug-likeness (QED) is 0.785. The van der Waals surface area contributed by atoms with Crippen molar-refractivity contribution >= 4 is 24.1 Å². The Kier molecular flexibility index (Phi) is 4.70. The standard InChI is InChI=1S/C21H16N4O2/c26-21-17-12-18-16-7-10-23-14-19(16)27-11-5-1-3-8-22-9-4-2-6-15(13-24-21)20(17)25-18/h1-10,12-14,26H,11H2. The van der Waals surface area contributed by atoms with E-state index in [1.807, 2.05) is 48.6 Å². The molecule has 2 aromatic rings. The average molecular weight is 356 g/mol. The van der Waals surface area contributed by atoms with Crippen LogP contribution in [0.5, 0.6) is 11.6 Å². The number of allylic oxidation sites excluding steroid dienone is 4. The first-order valence-electron chi connectivity index (χ1n) is 8.40. The van der Waals surface area contributed by atoms with Crippen LogP contribution < -0.4 is 15.3 Å². The first kappa shape index (κ1) is 16.7. The summed E-state index contributed by atoms with van der Waals surface area (Å²) in [6.07, 6.45) is 21.3. The van der Waals surface area contributed by atoms with E-state index in [4.69, 9.17) is 9.73 Å². The summed E-state index contributed by atoms with van der Waals surface area (Å²) < 4.78 is 5.83. The summed E-state index contributed by atoms with van der Waals surface area (Å²) in [5.74, 6) is 0.569. The smallest absolute Gasteiger partial charge is 0.220 e. The summed E-state index contributed by atoms with van der Waals surface area (Å²) in [6.45, 7) is 0.388. The van der Waals surface area contributed by atoms with Gasteiger partial charge in [0.2, 0.25) is 5.88 Å². The van der Waals surface area contributed by atoms with E-state index in [1.165, 1.54) is 0 Å². The van der Waals surface area contributed by atoms with Gasteiger partial charge in [-0.2, -0.15) is 0 Å². The van der Waals surface area contributed by atoms with Crippen molar-refractivity contribution in [2.45, 2.75) is 0 Å². The second-order valence-corrected chi connectivity index (χ2v) is 5.74. The molecule has 0 atom stereocenters. The maximum Gasteiger partial charge on any atom is 0.220 e. The molecule has 1 N–H and O–H groups in total. The minimum Gasteiger partial charge on any atom is -0.493 e. The molecule has 0 fully saturated rings. The molecule has 2 aliphatic heterocycles. The molecule has 0 aromatic carbocycles. The lowest BCUT2D eigenvalue weighted by Crippen LogP contribution is -2.26. The normalized spacial score (nSPS) is 15.2. The van der Waals surface area contributed by atoms with Gasteiger partial charge in [-0.15, -0.1) is 0 Å². The van der Waals surface area contributed by atoms with Crippen LogP contribution in [0.2, 0.25) is 0 Å². The molecule has 0 saturated carbocycles. The molecule has 2 aliphatic rings. The van der Waals surface area contributed by atoms with Crippen LogP contribution in [-0.2, 0) is 0 Å². The zero-order chi connectivity index (χ0) is 18.5. The van der Waals surface area contributed by atoms with E-state index < -0.39 is 0 Å². The Hall–Kier alpha value is -3.80. The maximum absolute atomic E-state index is 10.2.